The van der Waals surface area contributed by atoms with Gasteiger partial charge < -0.3 is 0 Å². The van der Waals surface area contributed by atoms with Gasteiger partial charge in [0.2, 0.25) is 5.13 Å². The van der Waals surface area contributed by atoms with Gasteiger partial charge in [0, 0.05) is 0 Å². The maximum Gasteiger partial charge on any atom is 0.201 e. The molecule has 0 amide bonds. The van der Waals surface area contributed by atoms with E-state index >= 15 is 0 Å². The smallest absolute Gasteiger partial charge is 0.201 e. The van der Waals surface area contributed by atoms with Gasteiger partial charge in [-0.1, -0.05) is 47.3 Å². The van der Waals surface area contributed by atoms with E-state index in [0.717, 1.165) is 17.1 Å². The van der Waals surface area contributed by atoms with Crippen LogP contribution in [0.3, 0.4) is 0 Å². The fraction of sp³-hybridized carbons (Fsp3) is 0.214. The van der Waals surface area contributed by atoms with Crippen molar-refractivity contribution in [3.8, 4) is 0 Å². The highest BCUT2D eigenvalue weighted by atomic mass is 32.1. The predicted octanol–water partition coefficient (Wildman–Crippen LogP) is 3.25. The summed E-state index contributed by atoms with van der Waals surface area (Å²) in [6, 6.07) is 8.32. The normalized spacial score (nSPS) is 19.0. The predicted molar refractivity (Wildman–Crippen MR) is 77.6 cm³/mol. The molecule has 1 aliphatic rings. The number of thiazole rings is 1. The molecule has 1 aliphatic carbocycles. The first kappa shape index (κ1) is 11.4. The molecule has 0 saturated carbocycles. The first-order chi connectivity index (χ1) is 8.74. The Kier molecular flexibility index (Phi) is 2.89. The number of hydrogen-bond acceptors (Lipinski definition) is 4. The van der Waals surface area contributed by atoms with Gasteiger partial charge >= 0.3 is 0 Å². The van der Waals surface area contributed by atoms with Gasteiger partial charge in [-0.15, -0.1) is 0 Å². The maximum atomic E-state index is 6.18. The number of aromatic nitrogens is 1. The summed E-state index contributed by atoms with van der Waals surface area (Å²) in [5.41, 5.74) is 2.31. The van der Waals surface area contributed by atoms with Gasteiger partial charge in [-0.05, 0) is 25.5 Å². The quantitative estimate of drug-likeness (QED) is 0.663. The lowest BCUT2D eigenvalue weighted by atomic mass is 10.0. The van der Waals surface area contributed by atoms with Crippen LogP contribution in [0.4, 0.5) is 5.13 Å². The van der Waals surface area contributed by atoms with Crippen LogP contribution in [-0.2, 0) is 0 Å². The van der Waals surface area contributed by atoms with Crippen LogP contribution >= 0.6 is 11.3 Å². The molecule has 3 rings (SSSR count). The van der Waals surface area contributed by atoms with E-state index in [1.807, 2.05) is 18.2 Å². The Morgan fingerprint density at radius 2 is 2.22 bits per heavy atom. The Morgan fingerprint density at radius 3 is 2.94 bits per heavy atom. The van der Waals surface area contributed by atoms with Crippen molar-refractivity contribution in [3.05, 3.63) is 48.1 Å². The van der Waals surface area contributed by atoms with Gasteiger partial charge in [0.05, 0.1) is 16.3 Å². The summed E-state index contributed by atoms with van der Waals surface area (Å²) in [5.74, 6) is 6.18. The summed E-state index contributed by atoms with van der Waals surface area (Å²) < 4.78 is 1.18. The minimum Gasteiger partial charge on any atom is -0.279 e. The molecule has 2 aromatic rings. The summed E-state index contributed by atoms with van der Waals surface area (Å²) >= 11 is 1.64. The largest absolute Gasteiger partial charge is 0.279 e. The van der Waals surface area contributed by atoms with Gasteiger partial charge in [-0.25, -0.2) is 10.8 Å². The second-order valence-electron chi connectivity index (χ2n) is 4.48. The number of anilines is 1. The molecule has 92 valence electrons. The van der Waals surface area contributed by atoms with Crippen LogP contribution in [0.5, 0.6) is 0 Å². The molecular weight excluding hydrogens is 242 g/mol. The molecule has 1 aromatic carbocycles. The molecule has 0 spiro atoms. The fourth-order valence-corrected chi connectivity index (χ4v) is 2.98. The lowest BCUT2D eigenvalue weighted by Crippen LogP contribution is -2.40. The van der Waals surface area contributed by atoms with Gasteiger partial charge in [-0.2, -0.15) is 0 Å². The van der Waals surface area contributed by atoms with Gasteiger partial charge in [0.25, 0.3) is 0 Å². The van der Waals surface area contributed by atoms with Gasteiger partial charge in [-0.3, -0.25) is 5.01 Å². The van der Waals surface area contributed by atoms with Crippen LogP contribution in [0.2, 0.25) is 0 Å². The van der Waals surface area contributed by atoms with Crippen molar-refractivity contribution in [2.75, 3.05) is 5.01 Å². The third-order valence-corrected chi connectivity index (χ3v) is 4.17. The number of hydrogen-bond donors (Lipinski definition) is 1. The van der Waals surface area contributed by atoms with Crippen molar-refractivity contribution >= 4 is 26.7 Å². The van der Waals surface area contributed by atoms with E-state index < -0.39 is 0 Å². The molecular formula is C14H15N3S. The van der Waals surface area contributed by atoms with Crippen LogP contribution < -0.4 is 10.9 Å². The van der Waals surface area contributed by atoms with Crippen molar-refractivity contribution in [2.45, 2.75) is 19.4 Å². The number of para-hydroxylation sites is 1. The highest BCUT2D eigenvalue weighted by Gasteiger charge is 2.17. The Hall–Kier alpha value is -1.65. The number of nitrogens with zero attached hydrogens (tertiary/aromatic N) is 2. The standard InChI is InChI=1S/C14H15N3S/c1-10-6-8-11(9-7-10)17(15)14-16-12-4-2-3-5-13(12)18-14/h2-8,11H,9,15H2,1H3. The Morgan fingerprint density at radius 1 is 1.39 bits per heavy atom. The summed E-state index contributed by atoms with van der Waals surface area (Å²) in [6.07, 6.45) is 7.40. The van der Waals surface area contributed by atoms with Crippen LogP contribution in [-0.4, -0.2) is 11.0 Å². The van der Waals surface area contributed by atoms with Crippen molar-refractivity contribution in [1.29, 1.82) is 0 Å². The maximum absolute atomic E-state index is 6.18. The van der Waals surface area contributed by atoms with Crippen LogP contribution in [0, 0.1) is 0 Å². The molecule has 4 heteroatoms. The monoisotopic (exact) mass is 257 g/mol. The molecule has 1 unspecified atom stereocenters. The fourth-order valence-electron chi connectivity index (χ4n) is 2.03. The van der Waals surface area contributed by atoms with E-state index in [4.69, 9.17) is 5.84 Å². The summed E-state index contributed by atoms with van der Waals surface area (Å²) in [5, 5.41) is 2.64. The van der Waals surface area contributed by atoms with Crippen molar-refractivity contribution in [1.82, 2.24) is 4.98 Å². The molecule has 0 bridgehead atoms. The van der Waals surface area contributed by atoms with Crippen LogP contribution in [0.1, 0.15) is 13.3 Å². The number of fused-ring (bicyclic) bond motifs is 1. The van der Waals surface area contributed by atoms with Crippen LogP contribution in [0.25, 0.3) is 10.2 Å². The third-order valence-electron chi connectivity index (χ3n) is 3.12. The minimum absolute atomic E-state index is 0.203. The zero-order valence-electron chi connectivity index (χ0n) is 10.2. The molecule has 0 fully saturated rings. The zero-order valence-corrected chi connectivity index (χ0v) is 11.0. The summed E-state index contributed by atoms with van der Waals surface area (Å²) in [7, 11) is 0. The number of nitrogens with two attached hydrogens (primary N) is 1. The van der Waals surface area contributed by atoms with E-state index in [1.54, 1.807) is 16.3 Å². The van der Waals surface area contributed by atoms with Crippen LogP contribution in [0.15, 0.2) is 48.1 Å². The van der Waals surface area contributed by atoms with Crippen molar-refractivity contribution < 1.29 is 0 Å². The average Bonchev–Trinajstić information content (AvgIpc) is 2.82. The van der Waals surface area contributed by atoms with E-state index in [9.17, 15) is 0 Å². The van der Waals surface area contributed by atoms with E-state index in [0.29, 0.717) is 0 Å². The number of allylic oxidation sites excluding steroid dienone is 2. The molecule has 0 radical (unpaired) electrons. The molecule has 1 atom stereocenters. The summed E-state index contributed by atoms with van der Waals surface area (Å²) in [4.78, 5) is 4.57. The lowest BCUT2D eigenvalue weighted by molar-refractivity contribution is 0.707. The molecule has 18 heavy (non-hydrogen) atoms. The molecule has 3 nitrogen and oxygen atoms in total. The topological polar surface area (TPSA) is 42.1 Å². The molecule has 2 N–H and O–H groups in total. The first-order valence-corrected chi connectivity index (χ1v) is 6.80. The second kappa shape index (κ2) is 4.55. The molecule has 0 aliphatic heterocycles. The molecule has 0 saturated heterocycles. The van der Waals surface area contributed by atoms with Gasteiger partial charge in [0.15, 0.2) is 0 Å². The molecule has 1 heterocycles. The van der Waals surface area contributed by atoms with E-state index in [1.165, 1.54) is 10.3 Å². The Bertz CT molecular complexity index is 594. The average molecular weight is 257 g/mol. The Labute approximate surface area is 110 Å². The zero-order chi connectivity index (χ0) is 12.5. The second-order valence-corrected chi connectivity index (χ2v) is 5.49. The minimum atomic E-state index is 0.203. The summed E-state index contributed by atoms with van der Waals surface area (Å²) in [6.45, 7) is 2.10. The first-order valence-electron chi connectivity index (χ1n) is 5.98. The van der Waals surface area contributed by atoms with E-state index in [-0.39, 0.29) is 6.04 Å². The third kappa shape index (κ3) is 2.05. The van der Waals surface area contributed by atoms with Crippen molar-refractivity contribution in [2.24, 2.45) is 5.84 Å². The molecule has 1 aromatic heterocycles. The Balaban J connectivity index is 1.88. The van der Waals surface area contributed by atoms with Gasteiger partial charge in [0.1, 0.15) is 0 Å². The van der Waals surface area contributed by atoms with Crippen molar-refractivity contribution in [3.63, 3.8) is 0 Å². The SMILES string of the molecule is CC1=CCC(N(N)c2nc3ccccc3s2)C=C1. The highest BCUT2D eigenvalue weighted by molar-refractivity contribution is 7.22. The number of rotatable bonds is 2. The highest BCUT2D eigenvalue weighted by Crippen LogP contribution is 2.29. The number of hydrazine groups is 1. The van der Waals surface area contributed by atoms with E-state index in [2.05, 4.69) is 36.2 Å². The lowest BCUT2D eigenvalue weighted by Gasteiger charge is -2.25. The number of benzene rings is 1.